The lowest BCUT2D eigenvalue weighted by Gasteiger charge is -2.27. The maximum atomic E-state index is 9.29. The van der Waals surface area contributed by atoms with Gasteiger partial charge in [0.15, 0.2) is 0 Å². The summed E-state index contributed by atoms with van der Waals surface area (Å²) in [4.78, 5) is 0. The second kappa shape index (κ2) is 5.12. The van der Waals surface area contributed by atoms with Crippen LogP contribution in [0.5, 0.6) is 5.75 Å². The minimum atomic E-state index is -0.670. The first kappa shape index (κ1) is 14.3. The first-order valence-electron chi connectivity index (χ1n) is 6.66. The zero-order valence-corrected chi connectivity index (χ0v) is 11.9. The molecule has 0 saturated carbocycles. The Morgan fingerprint density at radius 1 is 1.32 bits per heavy atom. The summed E-state index contributed by atoms with van der Waals surface area (Å²) in [6.45, 7) is 6.30. The molecular formula is C15H23NO3. The summed E-state index contributed by atoms with van der Waals surface area (Å²) in [7, 11) is 0. The van der Waals surface area contributed by atoms with Crippen molar-refractivity contribution >= 4 is 0 Å². The van der Waals surface area contributed by atoms with Crippen LogP contribution in [0.2, 0.25) is 0 Å². The van der Waals surface area contributed by atoms with Crippen LogP contribution in [0.1, 0.15) is 31.9 Å². The maximum absolute atomic E-state index is 9.29. The summed E-state index contributed by atoms with van der Waals surface area (Å²) in [5, 5.41) is 21.8. The number of benzene rings is 1. The van der Waals surface area contributed by atoms with Crippen LogP contribution in [-0.4, -0.2) is 34.6 Å². The van der Waals surface area contributed by atoms with Crippen LogP contribution in [0.25, 0.3) is 0 Å². The number of hydrogen-bond acceptors (Lipinski definition) is 4. The van der Waals surface area contributed by atoms with Crippen LogP contribution in [0.3, 0.4) is 0 Å². The summed E-state index contributed by atoms with van der Waals surface area (Å²) in [5.74, 6) is 0.943. The fourth-order valence-corrected chi connectivity index (χ4v) is 2.29. The Bertz CT molecular complexity index is 453. The van der Waals surface area contributed by atoms with Gasteiger partial charge in [-0.1, -0.05) is 18.2 Å². The van der Waals surface area contributed by atoms with E-state index in [0.717, 1.165) is 17.7 Å². The van der Waals surface area contributed by atoms with Crippen LogP contribution >= 0.6 is 0 Å². The summed E-state index contributed by atoms with van der Waals surface area (Å²) in [6, 6.07) is 6.13. The Kier molecular flexibility index (Phi) is 3.85. The Morgan fingerprint density at radius 3 is 2.63 bits per heavy atom. The van der Waals surface area contributed by atoms with Gasteiger partial charge in [0.1, 0.15) is 11.4 Å². The van der Waals surface area contributed by atoms with Gasteiger partial charge in [-0.25, -0.2) is 0 Å². The van der Waals surface area contributed by atoms with Crippen molar-refractivity contribution in [1.82, 2.24) is 5.32 Å². The Hall–Kier alpha value is -1.10. The summed E-state index contributed by atoms with van der Waals surface area (Å²) >= 11 is 0. The molecule has 1 aromatic rings. The van der Waals surface area contributed by atoms with Gasteiger partial charge in [0.2, 0.25) is 0 Å². The fraction of sp³-hybridized carbons (Fsp3) is 0.600. The van der Waals surface area contributed by atoms with Gasteiger partial charge >= 0.3 is 0 Å². The molecule has 106 valence electrons. The van der Waals surface area contributed by atoms with Gasteiger partial charge in [-0.2, -0.15) is 0 Å². The van der Waals surface area contributed by atoms with Crippen molar-refractivity contribution in [1.29, 1.82) is 0 Å². The van der Waals surface area contributed by atoms with E-state index in [2.05, 4.69) is 25.2 Å². The standard InChI is InChI=1S/C15H23NO3/c1-14(2)7-11-5-4-6-12(13(11)19-14)8-16-15(3,9-17)10-18/h4-6,16-18H,7-10H2,1-3H3. The maximum Gasteiger partial charge on any atom is 0.127 e. The van der Waals surface area contributed by atoms with Crippen molar-refractivity contribution in [2.45, 2.75) is 44.9 Å². The van der Waals surface area contributed by atoms with Gasteiger partial charge in [0.05, 0.1) is 18.8 Å². The molecule has 1 heterocycles. The van der Waals surface area contributed by atoms with Crippen LogP contribution in [-0.2, 0) is 13.0 Å². The molecule has 0 aromatic heterocycles. The normalized spacial score (nSPS) is 17.1. The fourth-order valence-electron chi connectivity index (χ4n) is 2.29. The SMILES string of the molecule is CC(CO)(CO)NCc1cccc2c1OC(C)(C)C2. The van der Waals surface area contributed by atoms with Gasteiger partial charge in [-0.3, -0.25) is 0 Å². The second-order valence-corrected chi connectivity index (χ2v) is 6.17. The Balaban J connectivity index is 2.14. The largest absolute Gasteiger partial charge is 0.487 e. The molecule has 0 radical (unpaired) electrons. The lowest BCUT2D eigenvalue weighted by Crippen LogP contribution is -2.48. The van der Waals surface area contributed by atoms with Gasteiger partial charge < -0.3 is 20.3 Å². The molecule has 3 N–H and O–H groups in total. The molecule has 0 atom stereocenters. The Morgan fingerprint density at radius 2 is 2.00 bits per heavy atom. The van der Waals surface area contributed by atoms with E-state index in [1.54, 1.807) is 6.92 Å². The van der Waals surface area contributed by atoms with Crippen molar-refractivity contribution in [2.75, 3.05) is 13.2 Å². The minimum absolute atomic E-state index is 0.106. The average Bonchev–Trinajstić information content (AvgIpc) is 2.70. The van der Waals surface area contributed by atoms with Crippen LogP contribution in [0.4, 0.5) is 0 Å². The number of rotatable bonds is 5. The predicted octanol–water partition coefficient (Wildman–Crippen LogP) is 1.23. The number of ether oxygens (including phenoxy) is 1. The molecular weight excluding hydrogens is 242 g/mol. The number of aliphatic hydroxyl groups is 2. The zero-order chi connectivity index (χ0) is 14.1. The topological polar surface area (TPSA) is 61.7 Å². The molecule has 1 aliphatic rings. The van der Waals surface area contributed by atoms with E-state index >= 15 is 0 Å². The summed E-state index contributed by atoms with van der Waals surface area (Å²) in [5.41, 5.74) is 1.46. The van der Waals surface area contributed by atoms with Crippen molar-refractivity contribution in [3.8, 4) is 5.75 Å². The summed E-state index contributed by atoms with van der Waals surface area (Å²) in [6.07, 6.45) is 0.910. The third-order valence-electron chi connectivity index (χ3n) is 3.58. The highest BCUT2D eigenvalue weighted by atomic mass is 16.5. The van der Waals surface area contributed by atoms with Gasteiger partial charge in [0, 0.05) is 18.5 Å². The van der Waals surface area contributed by atoms with E-state index in [9.17, 15) is 10.2 Å². The van der Waals surface area contributed by atoms with E-state index in [-0.39, 0.29) is 18.8 Å². The monoisotopic (exact) mass is 265 g/mol. The molecule has 0 spiro atoms. The molecule has 2 rings (SSSR count). The average molecular weight is 265 g/mol. The molecule has 19 heavy (non-hydrogen) atoms. The quantitative estimate of drug-likeness (QED) is 0.749. The lowest BCUT2D eigenvalue weighted by atomic mass is 10.00. The van der Waals surface area contributed by atoms with E-state index in [4.69, 9.17) is 4.74 Å². The van der Waals surface area contributed by atoms with Gasteiger partial charge in [0.25, 0.3) is 0 Å². The zero-order valence-electron chi connectivity index (χ0n) is 11.9. The first-order valence-corrected chi connectivity index (χ1v) is 6.66. The van der Waals surface area contributed by atoms with Crippen LogP contribution in [0.15, 0.2) is 18.2 Å². The highest BCUT2D eigenvalue weighted by molar-refractivity contribution is 5.45. The van der Waals surface area contributed by atoms with Crippen molar-refractivity contribution in [3.63, 3.8) is 0 Å². The molecule has 1 aliphatic heterocycles. The number of hydrogen-bond donors (Lipinski definition) is 3. The molecule has 0 saturated heterocycles. The summed E-state index contributed by atoms with van der Waals surface area (Å²) < 4.78 is 5.99. The third-order valence-corrected chi connectivity index (χ3v) is 3.58. The van der Waals surface area contributed by atoms with Crippen LogP contribution < -0.4 is 10.1 Å². The van der Waals surface area contributed by atoms with Crippen molar-refractivity contribution in [3.05, 3.63) is 29.3 Å². The highest BCUT2D eigenvalue weighted by Gasteiger charge is 2.32. The minimum Gasteiger partial charge on any atom is -0.487 e. The molecule has 1 aromatic carbocycles. The van der Waals surface area contributed by atoms with E-state index in [0.29, 0.717) is 6.54 Å². The molecule has 0 bridgehead atoms. The molecule has 0 unspecified atom stereocenters. The number of fused-ring (bicyclic) bond motifs is 1. The Labute approximate surface area is 114 Å². The van der Waals surface area contributed by atoms with E-state index < -0.39 is 5.54 Å². The molecule has 4 heteroatoms. The second-order valence-electron chi connectivity index (χ2n) is 6.17. The molecule has 0 amide bonds. The number of para-hydroxylation sites is 1. The van der Waals surface area contributed by atoms with Crippen molar-refractivity contribution < 1.29 is 14.9 Å². The molecule has 0 fully saturated rings. The number of nitrogens with one attached hydrogen (secondary N) is 1. The van der Waals surface area contributed by atoms with Gasteiger partial charge in [-0.05, 0) is 26.3 Å². The van der Waals surface area contributed by atoms with Gasteiger partial charge in [-0.15, -0.1) is 0 Å². The van der Waals surface area contributed by atoms with Crippen LogP contribution in [0, 0.1) is 0 Å². The van der Waals surface area contributed by atoms with Crippen molar-refractivity contribution in [2.24, 2.45) is 0 Å². The molecule has 4 nitrogen and oxygen atoms in total. The molecule has 0 aliphatic carbocycles. The first-order chi connectivity index (χ1) is 8.89. The predicted molar refractivity (Wildman–Crippen MR) is 74.3 cm³/mol. The lowest BCUT2D eigenvalue weighted by molar-refractivity contribution is 0.102. The smallest absolute Gasteiger partial charge is 0.127 e. The highest BCUT2D eigenvalue weighted by Crippen LogP contribution is 2.37. The third kappa shape index (κ3) is 3.08. The van der Waals surface area contributed by atoms with E-state index in [1.165, 1.54) is 5.56 Å². The number of aliphatic hydroxyl groups excluding tert-OH is 2. The van der Waals surface area contributed by atoms with E-state index in [1.807, 2.05) is 12.1 Å².